The van der Waals surface area contributed by atoms with Gasteiger partial charge in [-0.05, 0) is 202 Å². The van der Waals surface area contributed by atoms with Crippen molar-refractivity contribution in [3.05, 3.63) is 247 Å². The minimum absolute atomic E-state index is 0.0167. The Balaban J connectivity index is 0.797. The first-order valence-electron chi connectivity index (χ1n) is 30.6. The van der Waals surface area contributed by atoms with Crippen LogP contribution in [0.3, 0.4) is 0 Å². The summed E-state index contributed by atoms with van der Waals surface area (Å²) in [6.45, 7) is 0. The molecule has 394 valence electrons. The number of aromatic nitrogens is 3. The first-order valence-corrected chi connectivity index (χ1v) is 30.6. The van der Waals surface area contributed by atoms with Gasteiger partial charge in [0.1, 0.15) is 0 Å². The largest absolute Gasteiger partial charge is 0.309 e. The number of benzene rings is 10. The van der Waals surface area contributed by atoms with Crippen LogP contribution in [0.4, 0.5) is 0 Å². The van der Waals surface area contributed by atoms with E-state index in [0.29, 0.717) is 17.8 Å². The molecule has 3 heteroatoms. The van der Waals surface area contributed by atoms with Gasteiger partial charge in [0.25, 0.3) is 0 Å². The lowest BCUT2D eigenvalue weighted by Gasteiger charge is -2.61. The van der Waals surface area contributed by atoms with Crippen molar-refractivity contribution in [2.24, 2.45) is 23.7 Å². The fourth-order valence-electron chi connectivity index (χ4n) is 17.8. The molecule has 4 bridgehead atoms. The number of hydrogen-bond acceptors (Lipinski definition) is 1. The highest BCUT2D eigenvalue weighted by atomic mass is 15.0. The predicted octanol–water partition coefficient (Wildman–Crippen LogP) is 20.9. The van der Waals surface area contributed by atoms with Crippen molar-refractivity contribution in [3.8, 4) is 67.0 Å². The Hall–Kier alpha value is -8.79. The number of para-hydroxylation sites is 2. The van der Waals surface area contributed by atoms with Crippen LogP contribution in [-0.2, 0) is 5.41 Å². The van der Waals surface area contributed by atoms with Crippen LogP contribution in [0.1, 0.15) is 86.8 Å². The summed E-state index contributed by atoms with van der Waals surface area (Å²) in [6.07, 6.45) is 15.3. The van der Waals surface area contributed by atoms with E-state index in [1.807, 2.05) is 6.20 Å². The highest BCUT2D eigenvalue weighted by molar-refractivity contribution is 6.12. The van der Waals surface area contributed by atoms with E-state index >= 15 is 0 Å². The van der Waals surface area contributed by atoms with Crippen molar-refractivity contribution in [3.63, 3.8) is 0 Å². The van der Waals surface area contributed by atoms with E-state index in [1.165, 1.54) is 180 Å². The third-order valence-corrected chi connectivity index (χ3v) is 21.1. The van der Waals surface area contributed by atoms with Crippen LogP contribution < -0.4 is 0 Å². The minimum atomic E-state index is 0.0167. The van der Waals surface area contributed by atoms with Crippen LogP contribution in [0.5, 0.6) is 0 Å². The lowest BCUT2D eigenvalue weighted by atomic mass is 9.43. The van der Waals surface area contributed by atoms with Gasteiger partial charge in [-0.3, -0.25) is 4.98 Å². The summed E-state index contributed by atoms with van der Waals surface area (Å²) >= 11 is 0. The van der Waals surface area contributed by atoms with Crippen LogP contribution in [0, 0.1) is 23.7 Å². The van der Waals surface area contributed by atoms with Gasteiger partial charge >= 0.3 is 0 Å². The predicted molar refractivity (Wildman–Crippen MR) is 341 cm³/mol. The third-order valence-electron chi connectivity index (χ3n) is 21.1. The molecule has 6 aliphatic carbocycles. The molecular formula is C79H63N3. The Morgan fingerprint density at radius 1 is 0.366 bits per heavy atom. The van der Waals surface area contributed by atoms with Gasteiger partial charge < -0.3 is 9.13 Å². The molecule has 0 atom stereocenters. The topological polar surface area (TPSA) is 22.8 Å². The maximum absolute atomic E-state index is 5.02. The maximum atomic E-state index is 5.02. The summed E-state index contributed by atoms with van der Waals surface area (Å²) in [7, 11) is 0. The molecule has 10 aromatic carbocycles. The molecule has 1 spiro atoms. The third kappa shape index (κ3) is 6.92. The molecule has 0 saturated heterocycles. The molecule has 13 aromatic rings. The van der Waals surface area contributed by atoms with E-state index in [0.717, 1.165) is 23.0 Å². The van der Waals surface area contributed by atoms with Crippen molar-refractivity contribution >= 4 is 54.5 Å². The number of pyridine rings is 1. The van der Waals surface area contributed by atoms with Gasteiger partial charge in [0.05, 0.1) is 27.6 Å². The highest BCUT2D eigenvalue weighted by Gasteiger charge is 2.62. The molecule has 3 nitrogen and oxygen atoms in total. The minimum Gasteiger partial charge on any atom is -0.309 e. The molecule has 6 aliphatic rings. The molecule has 3 aromatic heterocycles. The van der Waals surface area contributed by atoms with Crippen molar-refractivity contribution in [1.29, 1.82) is 0 Å². The quantitative estimate of drug-likeness (QED) is 0.156. The zero-order chi connectivity index (χ0) is 53.6. The normalized spacial score (nSPS) is 20.9. The Kier molecular flexibility index (Phi) is 10.4. The van der Waals surface area contributed by atoms with Gasteiger partial charge in [-0.25, -0.2) is 0 Å². The molecule has 0 N–H and O–H groups in total. The Morgan fingerprint density at radius 3 is 1.73 bits per heavy atom. The fraction of sp³-hybridized carbons (Fsp3) is 0.203. The van der Waals surface area contributed by atoms with Gasteiger partial charge in [-0.2, -0.15) is 0 Å². The van der Waals surface area contributed by atoms with Crippen molar-refractivity contribution in [2.75, 3.05) is 0 Å². The average molecular weight is 1050 g/mol. The van der Waals surface area contributed by atoms with E-state index in [4.69, 9.17) is 4.98 Å². The summed E-state index contributed by atoms with van der Waals surface area (Å²) in [6, 6.07) is 86.1. The zero-order valence-electron chi connectivity index (χ0n) is 46.2. The second-order valence-electron chi connectivity index (χ2n) is 25.3. The maximum Gasteiger partial charge on any atom is 0.0780 e. The molecular weight excluding hydrogens is 991 g/mol. The van der Waals surface area contributed by atoms with Gasteiger partial charge in [0.15, 0.2) is 0 Å². The molecule has 0 unspecified atom stereocenters. The first kappa shape index (κ1) is 46.9. The van der Waals surface area contributed by atoms with Gasteiger partial charge in [-0.15, -0.1) is 0 Å². The summed E-state index contributed by atoms with van der Waals surface area (Å²) in [4.78, 5) is 5.02. The Morgan fingerprint density at radius 2 is 0.951 bits per heavy atom. The Labute approximate surface area is 479 Å². The lowest BCUT2D eigenvalue weighted by Crippen LogP contribution is -2.55. The number of fused-ring (bicyclic) bond motifs is 10. The fourth-order valence-corrected chi connectivity index (χ4v) is 17.8. The number of rotatable bonds is 7. The van der Waals surface area contributed by atoms with E-state index < -0.39 is 0 Å². The number of hydrogen-bond donors (Lipinski definition) is 0. The molecule has 5 fully saturated rings. The lowest BCUT2D eigenvalue weighted by molar-refractivity contribution is -0.0399. The molecule has 19 rings (SSSR count). The molecule has 5 saturated carbocycles. The summed E-state index contributed by atoms with van der Waals surface area (Å²) in [5.74, 6) is 3.66. The van der Waals surface area contributed by atoms with Crippen LogP contribution >= 0.6 is 0 Å². The van der Waals surface area contributed by atoms with E-state index in [2.05, 4.69) is 234 Å². The standard InChI is InChI=1S/C79H63N3/c1-3-13-51(14-4-1)53-26-32-62(33-27-53)81-73-25-8-7-21-64(73)65-35-29-58(47-74(65)81)59-30-36-67-66-34-28-57(52-15-5-2-6-16-52)46-75(66)82(76(67)48-59)63-20-9-18-55(44-63)56-31-37-70-72(45-56)79(60-40-49-39-50(42-60)43-61(79)41-49)71-24-11-22-68(77(70)71)69-23-10-17-54-19-12-38-80-78(54)69/h1,3-4,7-14,17-38,44-50,52,60-61H,2,5-6,15-16,39-43H2. The van der Waals surface area contributed by atoms with Crippen LogP contribution in [0.25, 0.3) is 122 Å². The average Bonchev–Trinajstić information content (AvgIpc) is 1.64. The first-order chi connectivity index (χ1) is 40.6. The molecule has 0 radical (unpaired) electrons. The number of nitrogens with zero attached hydrogens (tertiary/aromatic N) is 3. The van der Waals surface area contributed by atoms with Crippen LogP contribution in [0.15, 0.2) is 231 Å². The second kappa shape index (κ2) is 18.1. The summed E-state index contributed by atoms with van der Waals surface area (Å²) in [5.41, 5.74) is 26.1. The van der Waals surface area contributed by atoms with Crippen molar-refractivity contribution < 1.29 is 0 Å². The van der Waals surface area contributed by atoms with Gasteiger partial charge in [0, 0.05) is 55.5 Å². The van der Waals surface area contributed by atoms with Crippen molar-refractivity contribution in [2.45, 2.75) is 75.5 Å². The monoisotopic (exact) mass is 1050 g/mol. The molecule has 82 heavy (non-hydrogen) atoms. The zero-order valence-corrected chi connectivity index (χ0v) is 46.2. The Bertz CT molecular complexity index is 4700. The van der Waals surface area contributed by atoms with Crippen molar-refractivity contribution in [1.82, 2.24) is 14.1 Å². The highest BCUT2D eigenvalue weighted by Crippen LogP contribution is 2.70. The van der Waals surface area contributed by atoms with Crippen LogP contribution in [0.2, 0.25) is 0 Å². The van der Waals surface area contributed by atoms with E-state index in [9.17, 15) is 0 Å². The van der Waals surface area contributed by atoms with E-state index in [1.54, 1.807) is 11.1 Å². The van der Waals surface area contributed by atoms with Gasteiger partial charge in [0.2, 0.25) is 0 Å². The summed E-state index contributed by atoms with van der Waals surface area (Å²) in [5, 5.41) is 6.34. The van der Waals surface area contributed by atoms with Gasteiger partial charge in [-0.1, -0.05) is 183 Å². The van der Waals surface area contributed by atoms with Crippen LogP contribution in [-0.4, -0.2) is 14.1 Å². The molecule has 3 heterocycles. The van der Waals surface area contributed by atoms with E-state index in [-0.39, 0.29) is 5.41 Å². The summed E-state index contributed by atoms with van der Waals surface area (Å²) < 4.78 is 5.07. The SMILES string of the molecule is c1ccc(-c2ccc(-n3c4ccccc4c4ccc(-c5ccc6c7ccc(C8CCCCC8)cc7n(-c7cccc(-c8ccc9c(c8)C8(c%10cccc(-c%11cccc%12cccnc%11%12)c%10-9)C9CC%10CC(C9)CC8C%10)c7)c6c5)cc43)cc2)cc1. The second-order valence-corrected chi connectivity index (χ2v) is 25.3. The molecule has 0 aliphatic heterocycles. The molecule has 0 amide bonds. The smallest absolute Gasteiger partial charge is 0.0780 e.